The SMILES string of the molecule is C=C(C)[C@@]12C[C@H](NC(=O)[C@H](O)[C@@H](NC(=O)c3ccccc3)c3ccccc3)C(C)=C1[C@@H](OC(C)=O)C(=O)[C@]1(C)[C@@H](O[Si](CC)(CC)CC)C[C@H]3OC[C@@]3(OC(C)=O)[C@H]1[C@@H]2OC(=O)c1cccc(OC)c1. The summed E-state index contributed by atoms with van der Waals surface area (Å²) in [6.07, 6.45) is -6.61. The molecule has 11 atom stereocenters. The Kier molecular flexibility index (Phi) is 15.1. The summed E-state index contributed by atoms with van der Waals surface area (Å²) in [4.78, 5) is 86.5. The second-order valence-corrected chi connectivity index (χ2v) is 24.1. The van der Waals surface area contributed by atoms with E-state index in [-0.39, 0.29) is 30.6 Å². The minimum atomic E-state index is -2.59. The molecule has 0 unspecified atom stereocenters. The van der Waals surface area contributed by atoms with Crippen LogP contribution in [0.3, 0.4) is 0 Å². The van der Waals surface area contributed by atoms with Crippen LogP contribution in [0.4, 0.5) is 0 Å². The summed E-state index contributed by atoms with van der Waals surface area (Å²) < 4.78 is 38.7. The molecule has 2 saturated carbocycles. The summed E-state index contributed by atoms with van der Waals surface area (Å²) in [6, 6.07) is 23.3. The van der Waals surface area contributed by atoms with Crippen molar-refractivity contribution >= 4 is 43.8 Å². The van der Waals surface area contributed by atoms with Crippen molar-refractivity contribution in [3.05, 3.63) is 125 Å². The highest BCUT2D eigenvalue weighted by molar-refractivity contribution is 6.73. The van der Waals surface area contributed by atoms with E-state index < -0.39 is 109 Å². The van der Waals surface area contributed by atoms with Crippen molar-refractivity contribution < 1.29 is 62.0 Å². The van der Waals surface area contributed by atoms with Gasteiger partial charge in [-0.15, -0.1) is 0 Å². The lowest BCUT2D eigenvalue weighted by Gasteiger charge is -2.64. The van der Waals surface area contributed by atoms with Gasteiger partial charge in [0.25, 0.3) is 11.8 Å². The van der Waals surface area contributed by atoms with Crippen LogP contribution in [0.15, 0.2) is 108 Å². The number of rotatable bonds is 17. The van der Waals surface area contributed by atoms with Crippen LogP contribution in [0, 0.1) is 16.7 Å². The smallest absolute Gasteiger partial charge is 0.338 e. The Morgan fingerprint density at radius 3 is 2.07 bits per heavy atom. The Morgan fingerprint density at radius 2 is 1.51 bits per heavy atom. The second kappa shape index (κ2) is 20.4. The number of amides is 2. The number of benzene rings is 3. The van der Waals surface area contributed by atoms with Crippen LogP contribution in [0.25, 0.3) is 0 Å². The van der Waals surface area contributed by atoms with Crippen LogP contribution in [0.2, 0.25) is 18.1 Å². The quantitative estimate of drug-likeness (QED) is 0.0533. The van der Waals surface area contributed by atoms with Gasteiger partial charge in [0, 0.05) is 25.8 Å². The summed E-state index contributed by atoms with van der Waals surface area (Å²) in [7, 11) is -1.12. The van der Waals surface area contributed by atoms with E-state index in [2.05, 4.69) is 38.0 Å². The lowest BCUT2D eigenvalue weighted by atomic mass is 9.50. The fourth-order valence-electron chi connectivity index (χ4n) is 11.8. The average Bonchev–Trinajstić information content (AvgIpc) is 3.61. The molecule has 70 heavy (non-hydrogen) atoms. The molecule has 1 aliphatic heterocycles. The topological polar surface area (TPSA) is 202 Å². The molecule has 3 aromatic rings. The number of methoxy groups -OCH3 is 1. The molecule has 0 radical (unpaired) electrons. The lowest BCUT2D eigenvalue weighted by Crippen LogP contribution is -2.78. The highest BCUT2D eigenvalue weighted by atomic mass is 28.4. The predicted molar refractivity (Wildman–Crippen MR) is 261 cm³/mol. The Labute approximate surface area is 410 Å². The van der Waals surface area contributed by atoms with Crippen molar-refractivity contribution in [3.63, 3.8) is 0 Å². The molecule has 0 bridgehead atoms. The molecule has 3 fully saturated rings. The van der Waals surface area contributed by atoms with Crippen LogP contribution < -0.4 is 15.4 Å². The highest BCUT2D eigenvalue weighted by Gasteiger charge is 2.78. The monoisotopic (exact) mass is 978 g/mol. The standard InChI is InChI=1S/C54H66N2O13Si/c1-11-70(12-2,13-3)69-40-28-41-54(30-65-41,68-34(8)58)46-48(67-51(63)37-25-20-26-38(27-37)64-10)53(31(4)5)29-39(32(6)42(53)45(66-33(7)57)47(60)52(40,46)9)55-50(62)44(59)43(35-21-16-14-17-22-35)56-49(61)36-23-18-15-19-24-36/h14-27,39-41,43-46,48,59H,4,11-13,28-30H2,1-3,5-10H3,(H,55,62)(H,56,61)/t39-,40-,41+,43-,44+,45+,46-,48-,52+,53-,54-/m0/s1. The number of aliphatic hydroxyl groups excluding tert-OH is 1. The zero-order valence-electron chi connectivity index (χ0n) is 41.5. The molecule has 2 amide bonds. The number of carbonyl (C=O) groups excluding carboxylic acids is 6. The number of Topliss-reactive ketones (excluding diaryl/α,β-unsaturated/α-hetero) is 1. The van der Waals surface area contributed by atoms with Gasteiger partial charge >= 0.3 is 17.9 Å². The molecule has 3 N–H and O–H groups in total. The molecule has 1 heterocycles. The summed E-state index contributed by atoms with van der Waals surface area (Å²) in [5.41, 5.74) is -3.03. The molecule has 3 aromatic carbocycles. The van der Waals surface area contributed by atoms with Gasteiger partial charge in [-0.2, -0.15) is 0 Å². The average molecular weight is 979 g/mol. The normalized spacial score (nSPS) is 28.8. The first-order valence-electron chi connectivity index (χ1n) is 24.1. The molecule has 15 nitrogen and oxygen atoms in total. The van der Waals surface area contributed by atoms with Crippen molar-refractivity contribution in [2.24, 2.45) is 16.7 Å². The van der Waals surface area contributed by atoms with Crippen molar-refractivity contribution in [2.75, 3.05) is 13.7 Å². The number of fused-ring (bicyclic) bond motifs is 4. The van der Waals surface area contributed by atoms with Gasteiger partial charge in [0.1, 0.15) is 18.0 Å². The third kappa shape index (κ3) is 9.03. The second-order valence-electron chi connectivity index (χ2n) is 19.4. The van der Waals surface area contributed by atoms with Gasteiger partial charge < -0.3 is 43.9 Å². The minimum Gasteiger partial charge on any atom is -0.497 e. The van der Waals surface area contributed by atoms with E-state index in [1.807, 2.05) is 0 Å². The molecular weight excluding hydrogens is 913 g/mol. The largest absolute Gasteiger partial charge is 0.497 e. The van der Waals surface area contributed by atoms with Crippen LogP contribution >= 0.6 is 0 Å². The molecule has 4 aliphatic rings. The Hall–Kier alpha value is -5.94. The van der Waals surface area contributed by atoms with Crippen molar-refractivity contribution in [3.8, 4) is 5.75 Å². The molecule has 7 rings (SSSR count). The van der Waals surface area contributed by atoms with E-state index in [0.717, 1.165) is 18.1 Å². The third-order valence-electron chi connectivity index (χ3n) is 15.7. The molecule has 0 aromatic heterocycles. The Bertz CT molecular complexity index is 2540. The molecule has 374 valence electrons. The van der Waals surface area contributed by atoms with Crippen molar-refractivity contribution in [1.82, 2.24) is 10.6 Å². The van der Waals surface area contributed by atoms with Crippen molar-refractivity contribution in [1.29, 1.82) is 0 Å². The number of ketones is 1. The van der Waals surface area contributed by atoms with Gasteiger partial charge in [0.2, 0.25) is 0 Å². The third-order valence-corrected chi connectivity index (χ3v) is 20.4. The summed E-state index contributed by atoms with van der Waals surface area (Å²) in [6.45, 7) is 18.2. The van der Waals surface area contributed by atoms with E-state index in [0.29, 0.717) is 28.0 Å². The van der Waals surface area contributed by atoms with Gasteiger partial charge in [0.05, 0.1) is 54.2 Å². The maximum atomic E-state index is 16.3. The molecule has 3 aliphatic carbocycles. The summed E-state index contributed by atoms with van der Waals surface area (Å²) in [5, 5.41) is 17.9. The number of aliphatic hydroxyl groups is 1. The van der Waals surface area contributed by atoms with Gasteiger partial charge in [-0.25, -0.2) is 4.79 Å². The van der Waals surface area contributed by atoms with Crippen LogP contribution in [-0.2, 0) is 42.6 Å². The van der Waals surface area contributed by atoms with E-state index in [9.17, 15) is 29.1 Å². The van der Waals surface area contributed by atoms with E-state index in [1.165, 1.54) is 27.0 Å². The van der Waals surface area contributed by atoms with Gasteiger partial charge in [0.15, 0.2) is 31.9 Å². The number of nitrogens with one attached hydrogen (secondary N) is 2. The fraction of sp³-hybridized carbons (Fsp3) is 0.481. The van der Waals surface area contributed by atoms with E-state index >= 15 is 4.79 Å². The number of hydrogen-bond acceptors (Lipinski definition) is 13. The van der Waals surface area contributed by atoms with Gasteiger partial charge in [-0.3, -0.25) is 24.0 Å². The molecule has 0 spiro atoms. The van der Waals surface area contributed by atoms with Crippen LogP contribution in [0.1, 0.15) is 101 Å². The zero-order valence-corrected chi connectivity index (χ0v) is 42.5. The Balaban J connectivity index is 1.44. The summed E-state index contributed by atoms with van der Waals surface area (Å²) >= 11 is 0. The molecular formula is C54H66N2O13Si. The maximum absolute atomic E-state index is 16.3. The number of ether oxygens (including phenoxy) is 5. The van der Waals surface area contributed by atoms with Crippen LogP contribution in [-0.4, -0.2) is 105 Å². The van der Waals surface area contributed by atoms with Gasteiger partial charge in [-0.05, 0) is 92.4 Å². The maximum Gasteiger partial charge on any atom is 0.338 e. The zero-order chi connectivity index (χ0) is 50.9. The first-order valence-corrected chi connectivity index (χ1v) is 26.6. The highest BCUT2D eigenvalue weighted by Crippen LogP contribution is 2.67. The Morgan fingerprint density at radius 1 is 0.886 bits per heavy atom. The molecule has 1 saturated heterocycles. The number of hydrogen-bond donors (Lipinski definition) is 3. The van der Waals surface area contributed by atoms with Gasteiger partial charge in [-0.1, -0.05) is 87.5 Å². The lowest BCUT2D eigenvalue weighted by molar-refractivity contribution is -0.331. The number of esters is 3. The molecule has 16 heteroatoms. The number of carbonyl (C=O) groups is 6. The first-order chi connectivity index (χ1) is 33.3. The minimum absolute atomic E-state index is 0.115. The summed E-state index contributed by atoms with van der Waals surface area (Å²) in [5.74, 6) is -5.06. The fourth-order valence-corrected chi connectivity index (χ4v) is 14.7. The van der Waals surface area contributed by atoms with E-state index in [4.69, 9.17) is 28.1 Å². The van der Waals surface area contributed by atoms with Crippen molar-refractivity contribution in [2.45, 2.75) is 135 Å². The predicted octanol–water partition coefficient (Wildman–Crippen LogP) is 7.15. The van der Waals surface area contributed by atoms with Crippen LogP contribution in [0.5, 0.6) is 5.75 Å². The first kappa shape index (κ1) is 51.9. The van der Waals surface area contributed by atoms with E-state index in [1.54, 1.807) is 99.6 Å².